The second-order valence-electron chi connectivity index (χ2n) is 7.70. The van der Waals surface area contributed by atoms with Gasteiger partial charge in [-0.3, -0.25) is 9.59 Å². The van der Waals surface area contributed by atoms with Crippen molar-refractivity contribution in [1.82, 2.24) is 5.43 Å². The number of amides is 2. The Morgan fingerprint density at radius 1 is 0.857 bits per heavy atom. The van der Waals surface area contributed by atoms with E-state index in [0.717, 1.165) is 18.4 Å². The number of carbonyl (C=O) groups is 3. The van der Waals surface area contributed by atoms with E-state index >= 15 is 0 Å². The molecule has 180 valence electrons. The lowest BCUT2D eigenvalue weighted by atomic mass is 10.2. The van der Waals surface area contributed by atoms with Gasteiger partial charge in [-0.1, -0.05) is 31.0 Å². The summed E-state index contributed by atoms with van der Waals surface area (Å²) < 4.78 is 11.0. The van der Waals surface area contributed by atoms with E-state index in [9.17, 15) is 14.4 Å². The van der Waals surface area contributed by atoms with Crippen molar-refractivity contribution in [3.8, 4) is 11.5 Å². The Labute approximate surface area is 204 Å². The zero-order chi connectivity index (χ0) is 25.0. The number of hydrogen-bond acceptors (Lipinski definition) is 6. The number of aryl methyl sites for hydroxylation is 1. The number of esters is 1. The quantitative estimate of drug-likeness (QED) is 0.119. The van der Waals surface area contributed by atoms with Gasteiger partial charge in [0, 0.05) is 5.69 Å². The first-order chi connectivity index (χ1) is 16.9. The lowest BCUT2D eigenvalue weighted by Gasteiger charge is -2.07. The fraction of sp³-hybridized carbons (Fsp3) is 0.185. The number of benzene rings is 3. The van der Waals surface area contributed by atoms with Gasteiger partial charge in [-0.15, -0.1) is 0 Å². The summed E-state index contributed by atoms with van der Waals surface area (Å²) in [6.07, 6.45) is 3.40. The molecule has 35 heavy (non-hydrogen) atoms. The number of rotatable bonds is 9. The van der Waals surface area contributed by atoms with E-state index in [4.69, 9.17) is 9.47 Å². The van der Waals surface area contributed by atoms with Crippen molar-refractivity contribution in [2.75, 3.05) is 11.9 Å². The van der Waals surface area contributed by atoms with Crippen LogP contribution in [0.15, 0.2) is 77.9 Å². The Bertz CT molecular complexity index is 1170. The van der Waals surface area contributed by atoms with Crippen LogP contribution >= 0.6 is 0 Å². The predicted molar refractivity (Wildman–Crippen MR) is 134 cm³/mol. The van der Waals surface area contributed by atoms with Crippen LogP contribution in [0.3, 0.4) is 0 Å². The summed E-state index contributed by atoms with van der Waals surface area (Å²) in [5, 5.41) is 6.28. The van der Waals surface area contributed by atoms with Crippen LogP contribution in [0.2, 0.25) is 0 Å². The molecule has 8 nitrogen and oxygen atoms in total. The molecule has 0 fully saturated rings. The van der Waals surface area contributed by atoms with Gasteiger partial charge in [-0.2, -0.15) is 5.10 Å². The van der Waals surface area contributed by atoms with Crippen molar-refractivity contribution in [1.29, 1.82) is 0 Å². The molecule has 0 saturated carbocycles. The number of hydrazone groups is 1. The minimum absolute atomic E-state index is 0.358. The minimum Gasteiger partial charge on any atom is -0.494 e. The molecular weight excluding hydrogens is 446 g/mol. The molecular formula is C27H27N3O5. The van der Waals surface area contributed by atoms with Crippen LogP contribution in [0.5, 0.6) is 11.5 Å². The number of nitrogens with zero attached hydrogens (tertiary/aromatic N) is 1. The van der Waals surface area contributed by atoms with Crippen molar-refractivity contribution in [2.45, 2.75) is 26.7 Å². The standard InChI is InChI=1S/C27H27N3O5/c1-3-4-17-34-23-15-9-21(10-16-23)27(33)35-24-13-7-20(8-14-24)18-28-30-26(32)25(31)29-22-11-5-19(2)6-12-22/h5-16,18H,3-4,17H2,1-2H3,(H,29,31)(H,30,32)/b28-18-. The van der Waals surface area contributed by atoms with E-state index in [1.54, 1.807) is 60.7 Å². The molecule has 2 amide bonds. The van der Waals surface area contributed by atoms with Gasteiger partial charge in [0.25, 0.3) is 0 Å². The van der Waals surface area contributed by atoms with Crippen molar-refractivity contribution in [2.24, 2.45) is 5.10 Å². The largest absolute Gasteiger partial charge is 0.494 e. The summed E-state index contributed by atoms with van der Waals surface area (Å²) >= 11 is 0. The number of hydrogen-bond donors (Lipinski definition) is 2. The van der Waals surface area contributed by atoms with Crippen LogP contribution in [-0.2, 0) is 9.59 Å². The Kier molecular flexibility index (Phi) is 9.13. The monoisotopic (exact) mass is 473 g/mol. The van der Waals surface area contributed by atoms with E-state index in [2.05, 4.69) is 22.8 Å². The third-order valence-corrected chi connectivity index (χ3v) is 4.84. The average Bonchev–Trinajstić information content (AvgIpc) is 2.87. The number of ether oxygens (including phenoxy) is 2. The highest BCUT2D eigenvalue weighted by molar-refractivity contribution is 6.39. The molecule has 0 unspecified atom stereocenters. The molecule has 3 aromatic rings. The maximum Gasteiger partial charge on any atom is 0.343 e. The molecule has 0 spiro atoms. The highest BCUT2D eigenvalue weighted by Gasteiger charge is 2.13. The number of anilines is 1. The first kappa shape index (κ1) is 25.2. The molecule has 2 N–H and O–H groups in total. The fourth-order valence-corrected chi connectivity index (χ4v) is 2.85. The zero-order valence-electron chi connectivity index (χ0n) is 19.6. The van der Waals surface area contributed by atoms with Gasteiger partial charge in [-0.05, 0) is 79.6 Å². The third kappa shape index (κ3) is 8.12. The molecule has 0 bridgehead atoms. The first-order valence-electron chi connectivity index (χ1n) is 11.2. The average molecular weight is 474 g/mol. The van der Waals surface area contributed by atoms with E-state index in [-0.39, 0.29) is 0 Å². The van der Waals surface area contributed by atoms with Crippen LogP contribution < -0.4 is 20.2 Å². The zero-order valence-corrected chi connectivity index (χ0v) is 19.6. The summed E-state index contributed by atoms with van der Waals surface area (Å²) in [6, 6.07) is 20.4. The maximum atomic E-state index is 12.4. The number of carbonyl (C=O) groups excluding carboxylic acids is 3. The molecule has 3 rings (SSSR count). The van der Waals surface area contributed by atoms with Crippen molar-refractivity contribution >= 4 is 29.7 Å². The molecule has 3 aromatic carbocycles. The second-order valence-corrected chi connectivity index (χ2v) is 7.70. The number of unbranched alkanes of at least 4 members (excludes halogenated alkanes) is 1. The summed E-state index contributed by atoms with van der Waals surface area (Å²) in [6.45, 7) is 4.65. The Morgan fingerprint density at radius 3 is 2.17 bits per heavy atom. The van der Waals surface area contributed by atoms with E-state index in [0.29, 0.717) is 34.9 Å². The Hall–Kier alpha value is -4.46. The van der Waals surface area contributed by atoms with Gasteiger partial charge in [0.15, 0.2) is 0 Å². The molecule has 0 aliphatic rings. The topological polar surface area (TPSA) is 106 Å². The maximum absolute atomic E-state index is 12.4. The molecule has 0 radical (unpaired) electrons. The first-order valence-corrected chi connectivity index (χ1v) is 11.2. The Morgan fingerprint density at radius 2 is 1.51 bits per heavy atom. The van der Waals surface area contributed by atoms with Gasteiger partial charge in [0.05, 0.1) is 18.4 Å². The molecule has 0 atom stereocenters. The Balaban J connectivity index is 1.46. The van der Waals surface area contributed by atoms with Crippen LogP contribution in [0, 0.1) is 6.92 Å². The van der Waals surface area contributed by atoms with Crippen molar-refractivity contribution < 1.29 is 23.9 Å². The predicted octanol–water partition coefficient (Wildman–Crippen LogP) is 4.48. The lowest BCUT2D eigenvalue weighted by Crippen LogP contribution is -2.32. The van der Waals surface area contributed by atoms with E-state index < -0.39 is 17.8 Å². The normalized spacial score (nSPS) is 10.6. The summed E-state index contributed by atoms with van der Waals surface area (Å²) in [4.78, 5) is 36.2. The molecule has 0 aliphatic carbocycles. The van der Waals surface area contributed by atoms with Gasteiger partial charge in [0.1, 0.15) is 11.5 Å². The highest BCUT2D eigenvalue weighted by atomic mass is 16.5. The second kappa shape index (κ2) is 12.7. The van der Waals surface area contributed by atoms with Crippen LogP contribution in [0.1, 0.15) is 41.3 Å². The SMILES string of the molecule is CCCCOc1ccc(C(=O)Oc2ccc(/C=N\NC(=O)C(=O)Nc3ccc(C)cc3)cc2)cc1. The van der Waals surface area contributed by atoms with Gasteiger partial charge in [0.2, 0.25) is 0 Å². The van der Waals surface area contributed by atoms with Crippen molar-refractivity contribution in [3.05, 3.63) is 89.5 Å². The molecule has 0 aromatic heterocycles. The molecule has 0 heterocycles. The molecule has 0 aliphatic heterocycles. The third-order valence-electron chi connectivity index (χ3n) is 4.84. The smallest absolute Gasteiger partial charge is 0.343 e. The van der Waals surface area contributed by atoms with Crippen LogP contribution in [-0.4, -0.2) is 30.6 Å². The van der Waals surface area contributed by atoms with E-state index in [1.807, 2.05) is 19.1 Å². The lowest BCUT2D eigenvalue weighted by molar-refractivity contribution is -0.136. The van der Waals surface area contributed by atoms with E-state index in [1.165, 1.54) is 6.21 Å². The fourth-order valence-electron chi connectivity index (χ4n) is 2.85. The molecule has 0 saturated heterocycles. The summed E-state index contributed by atoms with van der Waals surface area (Å²) in [5.41, 5.74) is 4.77. The van der Waals surface area contributed by atoms with Gasteiger partial charge >= 0.3 is 17.8 Å². The van der Waals surface area contributed by atoms with Crippen LogP contribution in [0.25, 0.3) is 0 Å². The summed E-state index contributed by atoms with van der Waals surface area (Å²) in [5.74, 6) is -1.14. The number of nitrogens with one attached hydrogen (secondary N) is 2. The van der Waals surface area contributed by atoms with Crippen LogP contribution in [0.4, 0.5) is 5.69 Å². The molecule has 8 heteroatoms. The summed E-state index contributed by atoms with van der Waals surface area (Å²) in [7, 11) is 0. The van der Waals surface area contributed by atoms with Gasteiger partial charge < -0.3 is 14.8 Å². The highest BCUT2D eigenvalue weighted by Crippen LogP contribution is 2.17. The van der Waals surface area contributed by atoms with Gasteiger partial charge in [-0.25, -0.2) is 10.2 Å². The van der Waals surface area contributed by atoms with Crippen molar-refractivity contribution in [3.63, 3.8) is 0 Å². The minimum atomic E-state index is -0.894.